The van der Waals surface area contributed by atoms with Gasteiger partial charge >= 0.3 is 0 Å². The third kappa shape index (κ3) is 3.72. The molecular weight excluding hydrogens is 601 g/mol. The molecule has 0 spiro atoms. The highest BCUT2D eigenvalue weighted by molar-refractivity contribution is 6.03. The van der Waals surface area contributed by atoms with Crippen molar-refractivity contribution >= 4 is 22.3 Å². The van der Waals surface area contributed by atoms with Crippen molar-refractivity contribution in [3.8, 4) is 0 Å². The molecule has 2 unspecified atom stereocenters. The molecule has 0 saturated heterocycles. The summed E-state index contributed by atoms with van der Waals surface area (Å²) in [6.07, 6.45) is 20.1. The second-order valence-corrected chi connectivity index (χ2v) is 16.2. The van der Waals surface area contributed by atoms with E-state index in [0.717, 1.165) is 0 Å². The quantitative estimate of drug-likeness (QED) is 0.208. The van der Waals surface area contributed by atoms with E-state index in [1.165, 1.54) is 174 Å². The van der Waals surface area contributed by atoms with Gasteiger partial charge < -0.3 is 0 Å². The Kier molecular flexibility index (Phi) is 5.48. The van der Waals surface area contributed by atoms with Crippen molar-refractivity contribution in [1.29, 1.82) is 0 Å². The molecule has 0 heterocycles. The van der Waals surface area contributed by atoms with E-state index < -0.39 is 0 Å². The summed E-state index contributed by atoms with van der Waals surface area (Å²) in [4.78, 5) is 0. The van der Waals surface area contributed by atoms with E-state index in [0.29, 0.717) is 0 Å². The van der Waals surface area contributed by atoms with E-state index >= 15 is 0 Å². The van der Waals surface area contributed by atoms with Crippen molar-refractivity contribution in [2.45, 2.75) is 65.2 Å². The lowest BCUT2D eigenvalue weighted by Gasteiger charge is -2.47. The molecule has 2 atom stereocenters. The number of benzene rings is 4. The summed E-state index contributed by atoms with van der Waals surface area (Å²) < 4.78 is 0. The second kappa shape index (κ2) is 9.85. The molecule has 240 valence electrons. The highest BCUT2D eigenvalue weighted by Gasteiger charge is 2.47. The lowest BCUT2D eigenvalue weighted by molar-refractivity contribution is 0.560. The number of fused-ring (bicyclic) bond motifs is 4. The lowest BCUT2D eigenvalue weighted by Crippen LogP contribution is -2.34. The Hall–Kier alpha value is -4.94. The number of rotatable bonds is 4. The van der Waals surface area contributed by atoms with Crippen molar-refractivity contribution in [3.05, 3.63) is 197 Å². The largest absolute Gasteiger partial charge is 0.0581 e. The Morgan fingerprint density at radius 3 is 1.38 bits per heavy atom. The monoisotopic (exact) mass is 640 g/mol. The standard InChI is InChI=1S/C50H40/c1-27-19-45-41(37-15-7-29-3-11-33(29)21-37)26-44(40-18-10-32-6-14-36(32)24-40)48-28(2)20-46-42(38-16-8-30-4-12-34(30)22-38)25-43(47(27)49(46)50(45)48)39-17-9-31-5-13-35(31)23-39/h7-10,15-26,49-50H,3-6,11-14H2,1-2H3. The van der Waals surface area contributed by atoms with Crippen LogP contribution < -0.4 is 0 Å². The van der Waals surface area contributed by atoms with Gasteiger partial charge in [0.2, 0.25) is 0 Å². The predicted molar refractivity (Wildman–Crippen MR) is 207 cm³/mol. The Morgan fingerprint density at radius 2 is 0.860 bits per heavy atom. The zero-order valence-corrected chi connectivity index (χ0v) is 29.0. The molecule has 0 N–H and O–H groups in total. The average molecular weight is 641 g/mol. The summed E-state index contributed by atoms with van der Waals surface area (Å²) in [7, 11) is 0. The molecule has 0 amide bonds. The first kappa shape index (κ1) is 27.8. The number of hydrogen-bond donors (Lipinski definition) is 0. The van der Waals surface area contributed by atoms with Crippen LogP contribution in [0.4, 0.5) is 0 Å². The van der Waals surface area contributed by atoms with Gasteiger partial charge in [0.1, 0.15) is 0 Å². The van der Waals surface area contributed by atoms with Crippen LogP contribution in [-0.2, 0) is 51.4 Å². The SMILES string of the molecule is CC1=CC2=C(c3ccc4c(c3)CC4)C=C(c3ccc4c(c3)CC4)C3=C(C)C=C4C(c5ccc6c(c5)CC6)=CC(c5ccc6c(c5)CC6)=C1C4C23. The summed E-state index contributed by atoms with van der Waals surface area (Å²) in [5.41, 5.74) is 32.5. The van der Waals surface area contributed by atoms with Gasteiger partial charge in [-0.2, -0.15) is 0 Å². The molecule has 8 aliphatic carbocycles. The van der Waals surface area contributed by atoms with Gasteiger partial charge in [-0.05, 0) is 200 Å². The molecule has 8 aliphatic rings. The number of allylic oxidation sites excluding steroid dienone is 14. The Bertz CT molecular complexity index is 2540. The molecule has 0 radical (unpaired) electrons. The Labute approximate surface area is 295 Å². The van der Waals surface area contributed by atoms with E-state index in [-0.39, 0.29) is 11.8 Å². The zero-order valence-electron chi connectivity index (χ0n) is 29.0. The molecule has 0 bridgehead atoms. The van der Waals surface area contributed by atoms with Gasteiger partial charge in [-0.25, -0.2) is 0 Å². The van der Waals surface area contributed by atoms with Crippen LogP contribution in [0.15, 0.2) is 131 Å². The minimum Gasteiger partial charge on any atom is -0.0581 e. The molecule has 4 aromatic rings. The maximum absolute atomic E-state index is 2.59. The fourth-order valence-electron chi connectivity index (χ4n) is 10.6. The molecule has 0 aromatic heterocycles. The first-order valence-corrected chi connectivity index (χ1v) is 19.1. The van der Waals surface area contributed by atoms with Gasteiger partial charge in [-0.15, -0.1) is 0 Å². The number of aryl methyl sites for hydroxylation is 8. The smallest absolute Gasteiger partial charge is 0.0214 e. The fourth-order valence-corrected chi connectivity index (χ4v) is 10.6. The van der Waals surface area contributed by atoms with Crippen molar-refractivity contribution in [2.75, 3.05) is 0 Å². The Morgan fingerprint density at radius 1 is 0.400 bits per heavy atom. The predicted octanol–water partition coefficient (Wildman–Crippen LogP) is 10.9. The molecule has 4 aromatic carbocycles. The minimum absolute atomic E-state index is 0.276. The maximum Gasteiger partial charge on any atom is 0.0214 e. The third-order valence-electron chi connectivity index (χ3n) is 13.7. The van der Waals surface area contributed by atoms with Crippen LogP contribution >= 0.6 is 0 Å². The molecule has 0 heteroatoms. The molecule has 0 aliphatic heterocycles. The normalized spacial score (nSPS) is 23.0. The molecule has 0 saturated carbocycles. The van der Waals surface area contributed by atoms with Crippen molar-refractivity contribution in [3.63, 3.8) is 0 Å². The van der Waals surface area contributed by atoms with Crippen molar-refractivity contribution < 1.29 is 0 Å². The molecule has 12 rings (SSSR count). The van der Waals surface area contributed by atoms with E-state index in [1.807, 2.05) is 0 Å². The summed E-state index contributed by atoms with van der Waals surface area (Å²) in [5, 5.41) is 0. The first-order valence-electron chi connectivity index (χ1n) is 19.1. The van der Waals surface area contributed by atoms with Crippen LogP contribution in [0.1, 0.15) is 80.6 Å². The first-order chi connectivity index (χ1) is 24.6. The van der Waals surface area contributed by atoms with Crippen LogP contribution in [0, 0.1) is 11.8 Å². The lowest BCUT2D eigenvalue weighted by atomic mass is 9.55. The van der Waals surface area contributed by atoms with Gasteiger partial charge in [-0.3, -0.25) is 0 Å². The summed E-state index contributed by atoms with van der Waals surface area (Å²) in [5.74, 6) is 0.552. The fraction of sp³-hybridized carbons (Fsp3) is 0.240. The third-order valence-corrected chi connectivity index (χ3v) is 13.7. The van der Waals surface area contributed by atoms with E-state index in [1.54, 1.807) is 0 Å². The van der Waals surface area contributed by atoms with E-state index in [4.69, 9.17) is 0 Å². The average Bonchev–Trinajstić information content (AvgIpc) is 3.06. The van der Waals surface area contributed by atoms with E-state index in [9.17, 15) is 0 Å². The highest BCUT2D eigenvalue weighted by atomic mass is 14.5. The van der Waals surface area contributed by atoms with Gasteiger partial charge in [0.05, 0.1) is 0 Å². The van der Waals surface area contributed by atoms with Crippen LogP contribution in [0.5, 0.6) is 0 Å². The van der Waals surface area contributed by atoms with Gasteiger partial charge in [0.25, 0.3) is 0 Å². The van der Waals surface area contributed by atoms with Crippen LogP contribution in [-0.4, -0.2) is 0 Å². The number of hydrogen-bond acceptors (Lipinski definition) is 0. The molecular formula is C50H40. The summed E-state index contributed by atoms with van der Waals surface area (Å²) in [6.45, 7) is 4.80. The maximum atomic E-state index is 2.59. The Balaban J connectivity index is 1.15. The van der Waals surface area contributed by atoms with Gasteiger partial charge in [-0.1, -0.05) is 84.9 Å². The van der Waals surface area contributed by atoms with Gasteiger partial charge in [0, 0.05) is 11.8 Å². The molecule has 0 nitrogen and oxygen atoms in total. The molecule has 0 fully saturated rings. The summed E-state index contributed by atoms with van der Waals surface area (Å²) in [6, 6.07) is 29.4. The molecule has 50 heavy (non-hydrogen) atoms. The zero-order chi connectivity index (χ0) is 32.8. The van der Waals surface area contributed by atoms with Crippen molar-refractivity contribution in [1.82, 2.24) is 0 Å². The highest BCUT2D eigenvalue weighted by Crippen LogP contribution is 2.61. The van der Waals surface area contributed by atoms with Crippen LogP contribution in [0.3, 0.4) is 0 Å². The second-order valence-electron chi connectivity index (χ2n) is 16.2. The van der Waals surface area contributed by atoms with E-state index in [2.05, 4.69) is 111 Å². The summed E-state index contributed by atoms with van der Waals surface area (Å²) >= 11 is 0. The van der Waals surface area contributed by atoms with Crippen LogP contribution in [0.2, 0.25) is 0 Å². The van der Waals surface area contributed by atoms with Gasteiger partial charge in [0.15, 0.2) is 0 Å². The topological polar surface area (TPSA) is 0 Å². The minimum atomic E-state index is 0.276. The van der Waals surface area contributed by atoms with Crippen LogP contribution in [0.25, 0.3) is 22.3 Å². The van der Waals surface area contributed by atoms with Crippen molar-refractivity contribution in [2.24, 2.45) is 11.8 Å².